The van der Waals surface area contributed by atoms with Crippen molar-refractivity contribution < 1.29 is 9.47 Å². The number of fused-ring (bicyclic) bond motifs is 4. The van der Waals surface area contributed by atoms with Crippen molar-refractivity contribution in [3.05, 3.63) is 48.5 Å². The Morgan fingerprint density at radius 1 is 1.04 bits per heavy atom. The highest BCUT2D eigenvalue weighted by molar-refractivity contribution is 7.99. The van der Waals surface area contributed by atoms with Crippen molar-refractivity contribution in [2.45, 2.75) is 11.3 Å². The van der Waals surface area contributed by atoms with Crippen LogP contribution in [0.2, 0.25) is 0 Å². The topological polar surface area (TPSA) is 72.9 Å². The summed E-state index contributed by atoms with van der Waals surface area (Å²) < 4.78 is 11.7. The lowest BCUT2D eigenvalue weighted by Gasteiger charge is -2.25. The van der Waals surface area contributed by atoms with Gasteiger partial charge in [0.2, 0.25) is 5.16 Å². The van der Waals surface area contributed by atoms with Gasteiger partial charge in [0.15, 0.2) is 17.1 Å². The zero-order chi connectivity index (χ0) is 16.6. The average Bonchev–Trinajstić information content (AvgIpc) is 3.04. The molecule has 2 aromatic carbocycles. The Kier molecular flexibility index (Phi) is 3.45. The molecule has 1 N–H and O–H groups in total. The summed E-state index contributed by atoms with van der Waals surface area (Å²) >= 11 is 1.52. The highest BCUT2D eigenvalue weighted by Crippen LogP contribution is 2.32. The zero-order valence-corrected chi connectivity index (χ0v) is 14.0. The van der Waals surface area contributed by atoms with Crippen LogP contribution in [0.1, 0.15) is 0 Å². The van der Waals surface area contributed by atoms with E-state index in [9.17, 15) is 0 Å². The summed E-state index contributed by atoms with van der Waals surface area (Å²) in [5.41, 5.74) is 2.57. The van der Waals surface area contributed by atoms with Crippen LogP contribution < -0.4 is 9.47 Å². The molecule has 0 amide bonds. The van der Waals surface area contributed by atoms with E-state index in [0.717, 1.165) is 33.6 Å². The maximum absolute atomic E-state index is 5.96. The van der Waals surface area contributed by atoms with Gasteiger partial charge in [-0.15, -0.1) is 10.2 Å². The number of rotatable bonds is 3. The summed E-state index contributed by atoms with van der Waals surface area (Å²) in [5.74, 6) is 2.27. The van der Waals surface area contributed by atoms with Gasteiger partial charge in [0.05, 0.1) is 0 Å². The summed E-state index contributed by atoms with van der Waals surface area (Å²) in [6.07, 6.45) is -0.0399. The van der Waals surface area contributed by atoms with Crippen LogP contribution in [0.15, 0.2) is 53.7 Å². The largest absolute Gasteiger partial charge is 0.486 e. The molecule has 7 heteroatoms. The average molecular weight is 350 g/mol. The van der Waals surface area contributed by atoms with E-state index in [0.29, 0.717) is 17.5 Å². The molecule has 0 unspecified atom stereocenters. The van der Waals surface area contributed by atoms with Crippen molar-refractivity contribution in [3.63, 3.8) is 0 Å². The standard InChI is InChI=1S/C18H14N4O2S/c1-2-6-13-12(5-1)16-17(19-13)20-18(22-21-16)25-10-11-9-23-14-7-3-4-8-15(14)24-11/h1-8,11H,9-10H2,(H,19,20,22)/t11-/m1/s1. The van der Waals surface area contributed by atoms with E-state index in [4.69, 9.17) is 9.47 Å². The Hall–Kier alpha value is -2.80. The van der Waals surface area contributed by atoms with Gasteiger partial charge in [0.25, 0.3) is 0 Å². The zero-order valence-electron chi connectivity index (χ0n) is 13.2. The second-order valence-corrected chi connectivity index (χ2v) is 6.76. The van der Waals surface area contributed by atoms with E-state index in [-0.39, 0.29) is 6.10 Å². The first-order valence-corrected chi connectivity index (χ1v) is 8.98. The van der Waals surface area contributed by atoms with Crippen molar-refractivity contribution in [2.24, 2.45) is 0 Å². The van der Waals surface area contributed by atoms with Gasteiger partial charge >= 0.3 is 0 Å². The van der Waals surface area contributed by atoms with Gasteiger partial charge in [0.1, 0.15) is 18.2 Å². The second kappa shape index (κ2) is 5.93. The maximum atomic E-state index is 5.96. The molecule has 1 aliphatic rings. The van der Waals surface area contributed by atoms with E-state index in [2.05, 4.69) is 20.2 Å². The number of aromatic amines is 1. The van der Waals surface area contributed by atoms with Gasteiger partial charge < -0.3 is 14.5 Å². The molecule has 0 bridgehead atoms. The number of nitrogens with one attached hydrogen (secondary N) is 1. The molecule has 0 aliphatic carbocycles. The van der Waals surface area contributed by atoms with Crippen LogP contribution in [0.5, 0.6) is 11.5 Å². The van der Waals surface area contributed by atoms with Gasteiger partial charge in [-0.25, -0.2) is 4.98 Å². The molecule has 3 heterocycles. The van der Waals surface area contributed by atoms with Crippen LogP contribution >= 0.6 is 11.8 Å². The fourth-order valence-corrected chi connectivity index (χ4v) is 3.63. The Morgan fingerprint density at radius 2 is 1.88 bits per heavy atom. The van der Waals surface area contributed by atoms with Crippen molar-refractivity contribution in [1.82, 2.24) is 20.2 Å². The molecule has 0 radical (unpaired) electrons. The minimum absolute atomic E-state index is 0.0399. The molecule has 0 saturated heterocycles. The van der Waals surface area contributed by atoms with Gasteiger partial charge in [-0.2, -0.15) is 0 Å². The molecule has 124 valence electrons. The van der Waals surface area contributed by atoms with Crippen molar-refractivity contribution in [1.29, 1.82) is 0 Å². The first-order valence-electron chi connectivity index (χ1n) is 7.99. The van der Waals surface area contributed by atoms with Crippen LogP contribution in [-0.2, 0) is 0 Å². The lowest BCUT2D eigenvalue weighted by atomic mass is 10.2. The van der Waals surface area contributed by atoms with Gasteiger partial charge in [-0.1, -0.05) is 42.1 Å². The number of thioether (sulfide) groups is 1. The maximum Gasteiger partial charge on any atom is 0.211 e. The van der Waals surface area contributed by atoms with Crippen LogP contribution in [0.3, 0.4) is 0 Å². The number of ether oxygens (including phenoxy) is 2. The molecule has 2 aromatic heterocycles. The van der Waals surface area contributed by atoms with Crippen LogP contribution in [0.4, 0.5) is 0 Å². The Labute approximate surface area is 147 Å². The van der Waals surface area contributed by atoms with E-state index >= 15 is 0 Å². The first-order chi connectivity index (χ1) is 12.4. The molecule has 4 aromatic rings. The quantitative estimate of drug-likeness (QED) is 0.571. The third-order valence-electron chi connectivity index (χ3n) is 4.07. The molecule has 1 atom stereocenters. The number of para-hydroxylation sites is 3. The van der Waals surface area contributed by atoms with E-state index in [1.165, 1.54) is 11.8 Å². The highest BCUT2D eigenvalue weighted by Gasteiger charge is 2.21. The Bertz CT molecular complexity index is 1070. The minimum atomic E-state index is -0.0399. The molecular weight excluding hydrogens is 336 g/mol. The van der Waals surface area contributed by atoms with Crippen molar-refractivity contribution >= 4 is 33.8 Å². The third kappa shape index (κ3) is 2.66. The smallest absolute Gasteiger partial charge is 0.211 e. The predicted octanol–water partition coefficient (Wildman–Crippen LogP) is 3.44. The summed E-state index contributed by atoms with van der Waals surface area (Å²) in [4.78, 5) is 7.87. The van der Waals surface area contributed by atoms with E-state index < -0.39 is 0 Å². The van der Waals surface area contributed by atoms with E-state index in [1.54, 1.807) is 0 Å². The van der Waals surface area contributed by atoms with Crippen LogP contribution in [-0.4, -0.2) is 38.6 Å². The SMILES string of the molecule is c1ccc2c(c1)OC[C@H](CSc1nnc3c(n1)[nH]c1ccccc13)O2. The number of nitrogens with zero attached hydrogens (tertiary/aromatic N) is 3. The van der Waals surface area contributed by atoms with Crippen molar-refractivity contribution in [3.8, 4) is 11.5 Å². The highest BCUT2D eigenvalue weighted by atomic mass is 32.2. The first kappa shape index (κ1) is 14.5. The number of hydrogen-bond donors (Lipinski definition) is 1. The number of hydrogen-bond acceptors (Lipinski definition) is 6. The van der Waals surface area contributed by atoms with Gasteiger partial charge in [-0.05, 0) is 18.2 Å². The molecule has 0 spiro atoms. The van der Waals surface area contributed by atoms with E-state index in [1.807, 2.05) is 48.5 Å². The molecule has 1 aliphatic heterocycles. The molecule has 0 saturated carbocycles. The Balaban J connectivity index is 1.34. The lowest BCUT2D eigenvalue weighted by molar-refractivity contribution is 0.107. The Morgan fingerprint density at radius 3 is 2.84 bits per heavy atom. The monoisotopic (exact) mass is 350 g/mol. The number of benzene rings is 2. The predicted molar refractivity (Wildman–Crippen MR) is 96.3 cm³/mol. The molecule has 5 rings (SSSR count). The summed E-state index contributed by atoms with van der Waals surface area (Å²) in [5, 5.41) is 10.2. The van der Waals surface area contributed by atoms with Crippen molar-refractivity contribution in [2.75, 3.05) is 12.4 Å². The minimum Gasteiger partial charge on any atom is -0.486 e. The third-order valence-corrected chi connectivity index (χ3v) is 5.04. The summed E-state index contributed by atoms with van der Waals surface area (Å²) in [7, 11) is 0. The molecule has 6 nitrogen and oxygen atoms in total. The van der Waals surface area contributed by atoms with Crippen LogP contribution in [0.25, 0.3) is 22.1 Å². The summed E-state index contributed by atoms with van der Waals surface area (Å²) in [6.45, 7) is 0.520. The fourth-order valence-electron chi connectivity index (χ4n) is 2.88. The van der Waals surface area contributed by atoms with Crippen LogP contribution in [0, 0.1) is 0 Å². The fraction of sp³-hybridized carbons (Fsp3) is 0.167. The van der Waals surface area contributed by atoms with Gasteiger partial charge in [-0.3, -0.25) is 0 Å². The van der Waals surface area contributed by atoms with Gasteiger partial charge in [0, 0.05) is 16.7 Å². The normalized spacial score (nSPS) is 16.4. The number of aromatic nitrogens is 4. The number of H-pyrrole nitrogens is 1. The molecule has 25 heavy (non-hydrogen) atoms. The second-order valence-electron chi connectivity index (χ2n) is 5.77. The molecular formula is C18H14N4O2S. The summed E-state index contributed by atoms with van der Waals surface area (Å²) in [6, 6.07) is 15.7. The lowest BCUT2D eigenvalue weighted by Crippen LogP contribution is -2.31. The molecule has 0 fully saturated rings.